The Labute approximate surface area is 195 Å². The number of carbonyl (C=O) groups excluding carboxylic acids is 2. The zero-order valence-corrected chi connectivity index (χ0v) is 17.9. The van der Waals surface area contributed by atoms with E-state index >= 15 is 0 Å². The summed E-state index contributed by atoms with van der Waals surface area (Å²) >= 11 is 0. The number of alkyl halides is 2. The number of rotatable bonds is 7. The van der Waals surface area contributed by atoms with Crippen LogP contribution in [0.2, 0.25) is 0 Å². The first kappa shape index (κ1) is 21.9. The van der Waals surface area contributed by atoms with E-state index in [4.69, 9.17) is 10.5 Å². The highest BCUT2D eigenvalue weighted by Gasteiger charge is 2.22. The van der Waals surface area contributed by atoms with Gasteiger partial charge in [0.2, 0.25) is 5.91 Å². The first-order valence-corrected chi connectivity index (χ1v) is 10.3. The minimum absolute atomic E-state index is 0.116. The molecule has 35 heavy (non-hydrogen) atoms. The van der Waals surface area contributed by atoms with E-state index in [0.717, 1.165) is 5.39 Å². The number of halogens is 2. The standard InChI is InChI=1S/C23H17F2N7O3/c24-23(25)35-18-9-14-5-2-1-4-13(14)8-15(18)20-17(11-31(30-20)12-19(26)33)29-22(34)16-10-28-32-7-3-6-27-21(16)32/h1-11,23H,12H2,(H2,26,33)(H,29,34). The van der Waals surface area contributed by atoms with Crippen molar-refractivity contribution in [1.82, 2.24) is 24.4 Å². The van der Waals surface area contributed by atoms with Crippen LogP contribution < -0.4 is 15.8 Å². The third-order valence-electron chi connectivity index (χ3n) is 5.17. The van der Waals surface area contributed by atoms with Crippen molar-refractivity contribution >= 4 is 33.9 Å². The Morgan fingerprint density at radius 3 is 2.66 bits per heavy atom. The molecule has 176 valence electrons. The van der Waals surface area contributed by atoms with Gasteiger partial charge in [-0.15, -0.1) is 0 Å². The predicted molar refractivity (Wildman–Crippen MR) is 122 cm³/mol. The summed E-state index contributed by atoms with van der Waals surface area (Å²) < 4.78 is 33.9. The van der Waals surface area contributed by atoms with Crippen LogP contribution in [-0.2, 0) is 11.3 Å². The summed E-state index contributed by atoms with van der Waals surface area (Å²) in [5.74, 6) is -1.38. The van der Waals surface area contributed by atoms with Crippen molar-refractivity contribution in [2.24, 2.45) is 5.73 Å². The summed E-state index contributed by atoms with van der Waals surface area (Å²) in [5.41, 5.74) is 6.27. The maximum absolute atomic E-state index is 13.2. The van der Waals surface area contributed by atoms with Gasteiger partial charge in [0.05, 0.1) is 11.9 Å². The molecule has 0 aliphatic heterocycles. The highest BCUT2D eigenvalue weighted by molar-refractivity contribution is 6.09. The molecule has 12 heteroatoms. The van der Waals surface area contributed by atoms with Crippen molar-refractivity contribution in [2.75, 3.05) is 5.32 Å². The number of primary amides is 1. The van der Waals surface area contributed by atoms with Gasteiger partial charge in [0.1, 0.15) is 23.6 Å². The average molecular weight is 477 g/mol. The zero-order chi connectivity index (χ0) is 24.5. The van der Waals surface area contributed by atoms with E-state index in [1.54, 1.807) is 42.6 Å². The molecule has 0 saturated heterocycles. The molecule has 0 fully saturated rings. The fourth-order valence-electron chi connectivity index (χ4n) is 3.73. The molecular weight excluding hydrogens is 460 g/mol. The van der Waals surface area contributed by atoms with Gasteiger partial charge in [0.25, 0.3) is 5.91 Å². The van der Waals surface area contributed by atoms with Crippen LogP contribution in [0.5, 0.6) is 5.75 Å². The number of nitrogens with zero attached hydrogens (tertiary/aromatic N) is 5. The van der Waals surface area contributed by atoms with Gasteiger partial charge < -0.3 is 15.8 Å². The van der Waals surface area contributed by atoms with Gasteiger partial charge in [0.15, 0.2) is 5.65 Å². The number of carbonyl (C=O) groups is 2. The van der Waals surface area contributed by atoms with Crippen LogP contribution in [0.3, 0.4) is 0 Å². The fraction of sp³-hybridized carbons (Fsp3) is 0.0870. The molecule has 10 nitrogen and oxygen atoms in total. The summed E-state index contributed by atoms with van der Waals surface area (Å²) in [7, 11) is 0. The second kappa shape index (κ2) is 8.82. The predicted octanol–water partition coefficient (Wildman–Crippen LogP) is 3.09. The minimum Gasteiger partial charge on any atom is -0.434 e. The minimum atomic E-state index is -3.09. The quantitative estimate of drug-likeness (QED) is 0.371. The van der Waals surface area contributed by atoms with E-state index in [9.17, 15) is 18.4 Å². The van der Waals surface area contributed by atoms with Crippen LogP contribution in [0.4, 0.5) is 14.5 Å². The maximum atomic E-state index is 13.2. The number of fused-ring (bicyclic) bond motifs is 2. The van der Waals surface area contributed by atoms with Crippen molar-refractivity contribution in [3.63, 3.8) is 0 Å². The van der Waals surface area contributed by atoms with Gasteiger partial charge in [-0.3, -0.25) is 14.3 Å². The highest BCUT2D eigenvalue weighted by atomic mass is 19.3. The molecular formula is C23H17F2N7O3. The summed E-state index contributed by atoms with van der Waals surface area (Å²) in [5, 5.41) is 12.5. The lowest BCUT2D eigenvalue weighted by molar-refractivity contribution is -0.118. The Hall–Kier alpha value is -4.87. The lowest BCUT2D eigenvalue weighted by atomic mass is 10.0. The Morgan fingerprint density at radius 2 is 1.91 bits per heavy atom. The van der Waals surface area contributed by atoms with Crippen LogP contribution >= 0.6 is 0 Å². The third kappa shape index (κ3) is 4.36. The molecule has 0 unspecified atom stereocenters. The number of aromatic nitrogens is 5. The molecule has 0 atom stereocenters. The topological polar surface area (TPSA) is 129 Å². The van der Waals surface area contributed by atoms with Gasteiger partial charge in [-0.2, -0.15) is 19.0 Å². The Kier molecular flexibility index (Phi) is 5.53. The van der Waals surface area contributed by atoms with Crippen LogP contribution in [0, 0.1) is 0 Å². The van der Waals surface area contributed by atoms with Gasteiger partial charge in [-0.25, -0.2) is 9.50 Å². The Morgan fingerprint density at radius 1 is 1.14 bits per heavy atom. The Bertz CT molecular complexity index is 1580. The molecule has 0 aliphatic rings. The van der Waals surface area contributed by atoms with Crippen molar-refractivity contribution in [3.8, 4) is 17.0 Å². The molecule has 0 bridgehead atoms. The molecule has 0 radical (unpaired) electrons. The van der Waals surface area contributed by atoms with E-state index in [-0.39, 0.29) is 34.8 Å². The van der Waals surface area contributed by atoms with Gasteiger partial charge in [-0.1, -0.05) is 24.3 Å². The number of nitrogens with two attached hydrogens (primary N) is 1. The molecule has 5 aromatic rings. The number of benzene rings is 2. The molecule has 0 aliphatic carbocycles. The first-order valence-electron chi connectivity index (χ1n) is 10.3. The van der Waals surface area contributed by atoms with E-state index in [2.05, 4.69) is 20.5 Å². The van der Waals surface area contributed by atoms with Crippen LogP contribution in [-0.4, -0.2) is 42.8 Å². The van der Waals surface area contributed by atoms with Crippen LogP contribution in [0.25, 0.3) is 27.7 Å². The summed E-state index contributed by atoms with van der Waals surface area (Å²) in [6, 6.07) is 11.9. The summed E-state index contributed by atoms with van der Waals surface area (Å²) in [6.07, 6.45) is 5.90. The zero-order valence-electron chi connectivity index (χ0n) is 17.9. The van der Waals surface area contributed by atoms with Gasteiger partial charge >= 0.3 is 6.61 Å². The third-order valence-corrected chi connectivity index (χ3v) is 5.17. The summed E-state index contributed by atoms with van der Waals surface area (Å²) in [6.45, 7) is -3.38. The smallest absolute Gasteiger partial charge is 0.387 e. The lowest BCUT2D eigenvalue weighted by Crippen LogP contribution is -2.19. The Balaban J connectivity index is 1.62. The van der Waals surface area contributed by atoms with E-state index in [1.165, 1.54) is 33.9 Å². The summed E-state index contributed by atoms with van der Waals surface area (Å²) in [4.78, 5) is 28.8. The largest absolute Gasteiger partial charge is 0.434 e. The molecule has 5 rings (SSSR count). The maximum Gasteiger partial charge on any atom is 0.387 e. The SMILES string of the molecule is NC(=O)Cn1cc(NC(=O)c2cnn3cccnc23)c(-c2cc3ccccc3cc2OC(F)F)n1. The second-order valence-electron chi connectivity index (χ2n) is 7.53. The molecule has 0 saturated carbocycles. The van der Waals surface area contributed by atoms with Gasteiger partial charge in [-0.05, 0) is 29.0 Å². The van der Waals surface area contributed by atoms with Gasteiger partial charge in [0, 0.05) is 24.2 Å². The van der Waals surface area contributed by atoms with Crippen molar-refractivity contribution in [1.29, 1.82) is 0 Å². The van der Waals surface area contributed by atoms with Crippen molar-refractivity contribution < 1.29 is 23.1 Å². The van der Waals surface area contributed by atoms with E-state index in [1.807, 2.05) is 0 Å². The highest BCUT2D eigenvalue weighted by Crippen LogP contribution is 2.38. The lowest BCUT2D eigenvalue weighted by Gasteiger charge is -2.12. The van der Waals surface area contributed by atoms with E-state index in [0.29, 0.717) is 11.0 Å². The number of anilines is 1. The van der Waals surface area contributed by atoms with Crippen molar-refractivity contribution in [3.05, 3.63) is 72.8 Å². The molecule has 2 aromatic carbocycles. The number of nitrogens with one attached hydrogen (secondary N) is 1. The van der Waals surface area contributed by atoms with Crippen molar-refractivity contribution in [2.45, 2.75) is 13.2 Å². The number of amides is 2. The fourth-order valence-corrected chi connectivity index (χ4v) is 3.73. The monoisotopic (exact) mass is 477 g/mol. The number of hydrogen-bond donors (Lipinski definition) is 2. The molecule has 3 aromatic heterocycles. The molecule has 3 N–H and O–H groups in total. The average Bonchev–Trinajstić information content (AvgIpc) is 3.42. The first-order chi connectivity index (χ1) is 16.9. The molecule has 2 amide bonds. The molecule has 0 spiro atoms. The normalized spacial score (nSPS) is 11.3. The van der Waals surface area contributed by atoms with Crippen LogP contribution in [0.15, 0.2) is 67.3 Å². The molecule has 3 heterocycles. The second-order valence-corrected chi connectivity index (χ2v) is 7.53. The number of hydrogen-bond acceptors (Lipinski definition) is 6. The number of ether oxygens (including phenoxy) is 1. The van der Waals surface area contributed by atoms with Crippen LogP contribution in [0.1, 0.15) is 10.4 Å². The van der Waals surface area contributed by atoms with E-state index < -0.39 is 18.4 Å².